The summed E-state index contributed by atoms with van der Waals surface area (Å²) in [6, 6.07) is 7.04. The van der Waals surface area contributed by atoms with Crippen LogP contribution in [0.1, 0.15) is 43.7 Å². The summed E-state index contributed by atoms with van der Waals surface area (Å²) in [6.07, 6.45) is 8.69. The Morgan fingerprint density at radius 3 is 2.82 bits per heavy atom. The molecule has 3 rings (SSSR count). The SMILES string of the molecule is NCc1ccc2c(c1)ncn2C1CCCCC1. The van der Waals surface area contributed by atoms with Gasteiger partial charge in [-0.3, -0.25) is 0 Å². The Hall–Kier alpha value is -1.35. The van der Waals surface area contributed by atoms with E-state index < -0.39 is 0 Å². The molecule has 1 saturated carbocycles. The molecule has 0 spiro atoms. The molecule has 0 unspecified atom stereocenters. The Kier molecular flexibility index (Phi) is 2.85. The second-order valence-corrected chi connectivity index (χ2v) is 4.97. The van der Waals surface area contributed by atoms with Crippen LogP contribution in [-0.4, -0.2) is 9.55 Å². The normalized spacial score (nSPS) is 17.7. The molecular weight excluding hydrogens is 210 g/mol. The van der Waals surface area contributed by atoms with E-state index in [2.05, 4.69) is 27.8 Å². The average Bonchev–Trinajstić information content (AvgIpc) is 2.82. The minimum Gasteiger partial charge on any atom is -0.327 e. The fraction of sp³-hybridized carbons (Fsp3) is 0.500. The van der Waals surface area contributed by atoms with Gasteiger partial charge in [0.1, 0.15) is 0 Å². The molecular formula is C14H19N3. The van der Waals surface area contributed by atoms with Crippen LogP contribution in [0.25, 0.3) is 11.0 Å². The van der Waals surface area contributed by atoms with E-state index in [4.69, 9.17) is 5.73 Å². The molecule has 0 amide bonds. The number of hydrogen-bond donors (Lipinski definition) is 1. The zero-order valence-electron chi connectivity index (χ0n) is 10.1. The summed E-state index contributed by atoms with van der Waals surface area (Å²) in [5, 5.41) is 0. The molecule has 0 bridgehead atoms. The van der Waals surface area contributed by atoms with Gasteiger partial charge in [-0.05, 0) is 30.5 Å². The first kappa shape index (κ1) is 10.8. The largest absolute Gasteiger partial charge is 0.327 e. The van der Waals surface area contributed by atoms with Gasteiger partial charge in [-0.15, -0.1) is 0 Å². The molecule has 0 saturated heterocycles. The number of hydrogen-bond acceptors (Lipinski definition) is 2. The number of nitrogens with two attached hydrogens (primary N) is 1. The van der Waals surface area contributed by atoms with Crippen LogP contribution in [0, 0.1) is 0 Å². The van der Waals surface area contributed by atoms with Gasteiger partial charge in [0.2, 0.25) is 0 Å². The first-order valence-corrected chi connectivity index (χ1v) is 6.54. The molecule has 90 valence electrons. The van der Waals surface area contributed by atoms with E-state index in [-0.39, 0.29) is 0 Å². The van der Waals surface area contributed by atoms with Gasteiger partial charge >= 0.3 is 0 Å². The lowest BCUT2D eigenvalue weighted by Gasteiger charge is -2.23. The summed E-state index contributed by atoms with van der Waals surface area (Å²) in [5.41, 5.74) is 9.15. The standard InChI is InChI=1S/C14H19N3/c15-9-11-6-7-14-13(8-11)16-10-17(14)12-4-2-1-3-5-12/h6-8,10,12H,1-5,9,15H2. The summed E-state index contributed by atoms with van der Waals surface area (Å²) in [5.74, 6) is 0. The highest BCUT2D eigenvalue weighted by Crippen LogP contribution is 2.30. The maximum absolute atomic E-state index is 5.66. The summed E-state index contributed by atoms with van der Waals surface area (Å²) in [4.78, 5) is 4.51. The molecule has 17 heavy (non-hydrogen) atoms. The van der Waals surface area contributed by atoms with Crippen molar-refractivity contribution in [3.8, 4) is 0 Å². The van der Waals surface area contributed by atoms with Crippen molar-refractivity contribution in [2.75, 3.05) is 0 Å². The summed E-state index contributed by atoms with van der Waals surface area (Å²) in [7, 11) is 0. The molecule has 0 radical (unpaired) electrons. The monoisotopic (exact) mass is 229 g/mol. The van der Waals surface area contributed by atoms with Crippen molar-refractivity contribution < 1.29 is 0 Å². The number of benzene rings is 1. The van der Waals surface area contributed by atoms with Crippen molar-refractivity contribution in [1.29, 1.82) is 0 Å². The summed E-state index contributed by atoms with van der Waals surface area (Å²) >= 11 is 0. The van der Waals surface area contributed by atoms with Crippen LogP contribution in [0.4, 0.5) is 0 Å². The lowest BCUT2D eigenvalue weighted by molar-refractivity contribution is 0.359. The van der Waals surface area contributed by atoms with Crippen LogP contribution in [0.3, 0.4) is 0 Å². The van der Waals surface area contributed by atoms with Crippen LogP contribution in [0.2, 0.25) is 0 Å². The third-order valence-electron chi connectivity index (χ3n) is 3.84. The maximum Gasteiger partial charge on any atom is 0.0960 e. The highest BCUT2D eigenvalue weighted by molar-refractivity contribution is 5.76. The first-order valence-electron chi connectivity index (χ1n) is 6.54. The lowest BCUT2D eigenvalue weighted by atomic mass is 9.95. The van der Waals surface area contributed by atoms with Crippen molar-refractivity contribution in [3.05, 3.63) is 30.1 Å². The van der Waals surface area contributed by atoms with Gasteiger partial charge < -0.3 is 10.3 Å². The van der Waals surface area contributed by atoms with Crippen LogP contribution >= 0.6 is 0 Å². The second-order valence-electron chi connectivity index (χ2n) is 4.97. The van der Waals surface area contributed by atoms with E-state index in [9.17, 15) is 0 Å². The van der Waals surface area contributed by atoms with E-state index in [1.807, 2.05) is 6.33 Å². The Bertz CT molecular complexity index is 509. The number of imidazole rings is 1. The van der Waals surface area contributed by atoms with Crippen molar-refractivity contribution >= 4 is 11.0 Å². The number of rotatable bonds is 2. The average molecular weight is 229 g/mol. The maximum atomic E-state index is 5.66. The summed E-state index contributed by atoms with van der Waals surface area (Å²) in [6.45, 7) is 0.590. The highest BCUT2D eigenvalue weighted by atomic mass is 15.1. The van der Waals surface area contributed by atoms with E-state index >= 15 is 0 Å². The number of nitrogens with zero attached hydrogens (tertiary/aromatic N) is 2. The molecule has 1 aromatic carbocycles. The van der Waals surface area contributed by atoms with Crippen molar-refractivity contribution in [1.82, 2.24) is 9.55 Å². The molecule has 3 heteroatoms. The van der Waals surface area contributed by atoms with Gasteiger partial charge in [-0.2, -0.15) is 0 Å². The van der Waals surface area contributed by atoms with Gasteiger partial charge in [0, 0.05) is 12.6 Å². The first-order chi connectivity index (χ1) is 8.38. The quantitative estimate of drug-likeness (QED) is 0.860. The molecule has 1 aromatic heterocycles. The van der Waals surface area contributed by atoms with E-state index in [0.717, 1.165) is 11.1 Å². The van der Waals surface area contributed by atoms with Gasteiger partial charge in [0.25, 0.3) is 0 Å². The van der Waals surface area contributed by atoms with Crippen LogP contribution in [0.15, 0.2) is 24.5 Å². The third kappa shape index (κ3) is 1.95. The van der Waals surface area contributed by atoms with Crippen molar-refractivity contribution in [2.24, 2.45) is 5.73 Å². The van der Waals surface area contributed by atoms with Crippen LogP contribution in [-0.2, 0) is 6.54 Å². The van der Waals surface area contributed by atoms with Gasteiger partial charge in [-0.1, -0.05) is 25.3 Å². The van der Waals surface area contributed by atoms with Crippen molar-refractivity contribution in [2.45, 2.75) is 44.7 Å². The Balaban J connectivity index is 1.99. The fourth-order valence-electron chi connectivity index (χ4n) is 2.85. The minimum absolute atomic E-state index is 0.590. The molecule has 1 heterocycles. The predicted octanol–water partition coefficient (Wildman–Crippen LogP) is 3.00. The zero-order chi connectivity index (χ0) is 11.7. The second kappa shape index (κ2) is 4.49. The molecule has 2 aromatic rings. The predicted molar refractivity (Wildman–Crippen MR) is 69.7 cm³/mol. The van der Waals surface area contributed by atoms with Gasteiger partial charge in [0.15, 0.2) is 0 Å². The van der Waals surface area contributed by atoms with Crippen molar-refractivity contribution in [3.63, 3.8) is 0 Å². The van der Waals surface area contributed by atoms with Crippen LogP contribution < -0.4 is 5.73 Å². The Morgan fingerprint density at radius 2 is 2.06 bits per heavy atom. The molecule has 1 aliphatic carbocycles. The zero-order valence-corrected chi connectivity index (χ0v) is 10.1. The Labute approximate surface area is 102 Å². The topological polar surface area (TPSA) is 43.8 Å². The van der Waals surface area contributed by atoms with E-state index in [1.165, 1.54) is 37.6 Å². The minimum atomic E-state index is 0.590. The molecule has 1 aliphatic rings. The third-order valence-corrected chi connectivity index (χ3v) is 3.84. The molecule has 1 fully saturated rings. The number of aromatic nitrogens is 2. The van der Waals surface area contributed by atoms with E-state index in [1.54, 1.807) is 0 Å². The molecule has 0 atom stereocenters. The molecule has 0 aliphatic heterocycles. The lowest BCUT2D eigenvalue weighted by Crippen LogP contribution is -2.11. The van der Waals surface area contributed by atoms with Gasteiger partial charge in [-0.25, -0.2) is 4.98 Å². The fourth-order valence-corrected chi connectivity index (χ4v) is 2.85. The molecule has 3 nitrogen and oxygen atoms in total. The van der Waals surface area contributed by atoms with Crippen LogP contribution in [0.5, 0.6) is 0 Å². The molecule has 2 N–H and O–H groups in total. The highest BCUT2D eigenvalue weighted by Gasteiger charge is 2.17. The number of fused-ring (bicyclic) bond motifs is 1. The van der Waals surface area contributed by atoms with E-state index in [0.29, 0.717) is 12.6 Å². The summed E-state index contributed by atoms with van der Waals surface area (Å²) < 4.78 is 2.36. The smallest absolute Gasteiger partial charge is 0.0960 e. The Morgan fingerprint density at radius 1 is 1.24 bits per heavy atom. The van der Waals surface area contributed by atoms with Gasteiger partial charge in [0.05, 0.1) is 17.4 Å².